The highest BCUT2D eigenvalue weighted by atomic mass is 35.5. The van der Waals surface area contributed by atoms with Crippen LogP contribution >= 0.6 is 11.6 Å². The second-order valence-corrected chi connectivity index (χ2v) is 5.68. The highest BCUT2D eigenvalue weighted by Crippen LogP contribution is 2.18. The maximum absolute atomic E-state index is 12.1. The average molecular weight is 347 g/mol. The first-order valence-corrected chi connectivity index (χ1v) is 7.85. The number of amides is 1. The Kier molecular flexibility index (Phi) is 6.35. The number of methoxy groups -OCH3 is 1. The molecule has 6 heteroatoms. The second-order valence-electron chi connectivity index (χ2n) is 5.24. The molecule has 2 aromatic carbocycles. The van der Waals surface area contributed by atoms with Crippen molar-refractivity contribution in [3.63, 3.8) is 0 Å². The molecule has 2 aromatic rings. The van der Waals surface area contributed by atoms with Crippen LogP contribution in [-0.2, 0) is 9.53 Å². The summed E-state index contributed by atoms with van der Waals surface area (Å²) in [5.41, 5.74) is 1.73. The average Bonchev–Trinajstić information content (AvgIpc) is 2.59. The first-order valence-electron chi connectivity index (χ1n) is 7.47. The summed E-state index contributed by atoms with van der Waals surface area (Å²) in [7, 11) is 1.30. The summed E-state index contributed by atoms with van der Waals surface area (Å²) in [6.07, 6.45) is 0. The summed E-state index contributed by atoms with van der Waals surface area (Å²) in [6.45, 7) is 2.05. The van der Waals surface area contributed by atoms with Crippen molar-refractivity contribution >= 4 is 29.2 Å². The van der Waals surface area contributed by atoms with Crippen molar-refractivity contribution in [1.82, 2.24) is 5.32 Å². The van der Waals surface area contributed by atoms with Crippen LogP contribution in [0.5, 0.6) is 0 Å². The maximum atomic E-state index is 12.1. The van der Waals surface area contributed by atoms with Crippen LogP contribution < -0.4 is 10.6 Å². The van der Waals surface area contributed by atoms with Gasteiger partial charge in [-0.1, -0.05) is 35.9 Å². The molecule has 126 valence electrons. The number of halogens is 1. The molecule has 2 N–H and O–H groups in total. The van der Waals surface area contributed by atoms with Crippen molar-refractivity contribution in [3.8, 4) is 0 Å². The Balaban J connectivity index is 1.96. The normalized spacial score (nSPS) is 11.6. The second kappa shape index (κ2) is 8.47. The lowest BCUT2D eigenvalue weighted by Crippen LogP contribution is -2.30. The molecule has 0 saturated carbocycles. The summed E-state index contributed by atoms with van der Waals surface area (Å²) in [5, 5.41) is 6.49. The summed E-state index contributed by atoms with van der Waals surface area (Å²) >= 11 is 5.97. The molecule has 0 unspecified atom stereocenters. The molecule has 0 aromatic heterocycles. The lowest BCUT2D eigenvalue weighted by atomic mass is 10.1. The third kappa shape index (κ3) is 4.81. The van der Waals surface area contributed by atoms with E-state index in [2.05, 4.69) is 10.6 Å². The number of carbonyl (C=O) groups is 2. The maximum Gasteiger partial charge on any atom is 0.339 e. The van der Waals surface area contributed by atoms with Crippen LogP contribution in [0.25, 0.3) is 0 Å². The van der Waals surface area contributed by atoms with Crippen LogP contribution in [0.2, 0.25) is 5.02 Å². The van der Waals surface area contributed by atoms with Crippen molar-refractivity contribution in [2.45, 2.75) is 13.0 Å². The fourth-order valence-corrected chi connectivity index (χ4v) is 2.41. The lowest BCUT2D eigenvalue weighted by molar-refractivity contribution is -0.115. The number of hydrogen-bond donors (Lipinski definition) is 2. The van der Waals surface area contributed by atoms with E-state index >= 15 is 0 Å². The molecule has 0 radical (unpaired) electrons. The van der Waals surface area contributed by atoms with Gasteiger partial charge in [-0.25, -0.2) is 4.79 Å². The highest BCUT2D eigenvalue weighted by molar-refractivity contribution is 6.30. The van der Waals surface area contributed by atoms with Gasteiger partial charge in [0.1, 0.15) is 0 Å². The number of esters is 1. The molecule has 1 amide bonds. The number of carbonyl (C=O) groups excluding carboxylic acids is 2. The van der Waals surface area contributed by atoms with Gasteiger partial charge in [-0.2, -0.15) is 0 Å². The topological polar surface area (TPSA) is 67.4 Å². The van der Waals surface area contributed by atoms with Gasteiger partial charge in [0.05, 0.1) is 24.9 Å². The molecule has 0 bridgehead atoms. The van der Waals surface area contributed by atoms with Crippen molar-refractivity contribution in [2.75, 3.05) is 19.0 Å². The third-order valence-corrected chi connectivity index (χ3v) is 3.76. The van der Waals surface area contributed by atoms with E-state index in [1.807, 2.05) is 25.1 Å². The number of anilines is 1. The molecule has 0 fully saturated rings. The highest BCUT2D eigenvalue weighted by Gasteiger charge is 2.14. The van der Waals surface area contributed by atoms with Crippen molar-refractivity contribution in [3.05, 3.63) is 64.7 Å². The summed E-state index contributed by atoms with van der Waals surface area (Å²) < 4.78 is 4.71. The molecule has 0 saturated heterocycles. The fourth-order valence-electron chi connectivity index (χ4n) is 2.21. The molecule has 24 heavy (non-hydrogen) atoms. The van der Waals surface area contributed by atoms with Gasteiger partial charge in [0.25, 0.3) is 0 Å². The van der Waals surface area contributed by atoms with Crippen LogP contribution in [0, 0.1) is 0 Å². The predicted molar refractivity (Wildman–Crippen MR) is 94.3 cm³/mol. The van der Waals surface area contributed by atoms with Crippen LogP contribution in [0.3, 0.4) is 0 Å². The largest absolute Gasteiger partial charge is 0.465 e. The molecule has 0 aliphatic heterocycles. The lowest BCUT2D eigenvalue weighted by Gasteiger charge is -2.15. The van der Waals surface area contributed by atoms with Crippen LogP contribution in [0.1, 0.15) is 28.9 Å². The van der Waals surface area contributed by atoms with Gasteiger partial charge in [0, 0.05) is 11.1 Å². The Morgan fingerprint density at radius 3 is 2.62 bits per heavy atom. The minimum Gasteiger partial charge on any atom is -0.465 e. The zero-order chi connectivity index (χ0) is 17.5. The van der Waals surface area contributed by atoms with Crippen LogP contribution in [-0.4, -0.2) is 25.5 Å². The van der Waals surface area contributed by atoms with E-state index in [4.69, 9.17) is 16.3 Å². The predicted octanol–water partition coefficient (Wildman–Crippen LogP) is 3.42. The van der Waals surface area contributed by atoms with E-state index in [9.17, 15) is 9.59 Å². The SMILES string of the molecule is COC(=O)c1ccccc1NC(=O)CN[C@@H](C)c1cccc(Cl)c1. The number of para-hydroxylation sites is 1. The first kappa shape index (κ1) is 18.0. The summed E-state index contributed by atoms with van der Waals surface area (Å²) in [6, 6.07) is 14.1. The van der Waals surface area contributed by atoms with E-state index in [1.54, 1.807) is 30.3 Å². The van der Waals surface area contributed by atoms with Gasteiger partial charge >= 0.3 is 5.97 Å². The minimum atomic E-state index is -0.494. The van der Waals surface area contributed by atoms with E-state index in [0.29, 0.717) is 16.3 Å². The Morgan fingerprint density at radius 1 is 1.17 bits per heavy atom. The number of benzene rings is 2. The van der Waals surface area contributed by atoms with Gasteiger partial charge in [0.15, 0.2) is 0 Å². The summed E-state index contributed by atoms with van der Waals surface area (Å²) in [5.74, 6) is -0.744. The summed E-state index contributed by atoms with van der Waals surface area (Å²) in [4.78, 5) is 23.8. The molecule has 5 nitrogen and oxygen atoms in total. The molecule has 2 rings (SSSR count). The molecule has 0 spiro atoms. The van der Waals surface area contributed by atoms with Crippen molar-refractivity contribution in [2.24, 2.45) is 0 Å². The zero-order valence-corrected chi connectivity index (χ0v) is 14.3. The quantitative estimate of drug-likeness (QED) is 0.786. The fraction of sp³-hybridized carbons (Fsp3) is 0.222. The molecule has 0 aliphatic carbocycles. The Hall–Kier alpha value is -2.37. The monoisotopic (exact) mass is 346 g/mol. The molecule has 0 aliphatic rings. The molecule has 0 heterocycles. The third-order valence-electron chi connectivity index (χ3n) is 3.52. The van der Waals surface area contributed by atoms with Crippen LogP contribution in [0.4, 0.5) is 5.69 Å². The van der Waals surface area contributed by atoms with Gasteiger partial charge in [-0.3, -0.25) is 4.79 Å². The minimum absolute atomic E-state index is 0.0368. The number of hydrogen-bond acceptors (Lipinski definition) is 4. The van der Waals surface area contributed by atoms with E-state index in [1.165, 1.54) is 7.11 Å². The zero-order valence-electron chi connectivity index (χ0n) is 13.5. The Bertz CT molecular complexity index is 734. The standard InChI is InChI=1S/C18H19ClN2O3/c1-12(13-6-5-7-14(19)10-13)20-11-17(22)21-16-9-4-3-8-15(16)18(23)24-2/h3-10,12,20H,11H2,1-2H3,(H,21,22)/t12-/m0/s1. The van der Waals surface area contributed by atoms with Gasteiger partial charge in [-0.15, -0.1) is 0 Å². The molecular formula is C18H19ClN2O3. The van der Waals surface area contributed by atoms with Crippen molar-refractivity contribution < 1.29 is 14.3 Å². The van der Waals surface area contributed by atoms with Gasteiger partial charge < -0.3 is 15.4 Å². The van der Waals surface area contributed by atoms with Crippen molar-refractivity contribution in [1.29, 1.82) is 0 Å². The van der Waals surface area contributed by atoms with E-state index in [-0.39, 0.29) is 18.5 Å². The Morgan fingerprint density at radius 2 is 1.92 bits per heavy atom. The molecule has 1 atom stereocenters. The number of ether oxygens (including phenoxy) is 1. The van der Waals surface area contributed by atoms with E-state index in [0.717, 1.165) is 5.56 Å². The van der Waals surface area contributed by atoms with Crippen LogP contribution in [0.15, 0.2) is 48.5 Å². The first-order chi connectivity index (χ1) is 11.5. The van der Waals surface area contributed by atoms with Gasteiger partial charge in [-0.05, 0) is 36.8 Å². The van der Waals surface area contributed by atoms with E-state index < -0.39 is 5.97 Å². The number of nitrogens with one attached hydrogen (secondary N) is 2. The molecular weight excluding hydrogens is 328 g/mol. The number of rotatable bonds is 6. The Labute approximate surface area is 146 Å². The van der Waals surface area contributed by atoms with Gasteiger partial charge in [0.2, 0.25) is 5.91 Å². The smallest absolute Gasteiger partial charge is 0.339 e.